The molecule has 6 aromatic rings. The lowest BCUT2D eigenvalue weighted by atomic mass is 10.1. The molecule has 45 heavy (non-hydrogen) atoms. The minimum Gasteiger partial charge on any atom is -0.323 e. The molecule has 13 heteroatoms. The molecule has 0 bridgehead atoms. The number of fused-ring (bicyclic) bond motifs is 1. The van der Waals surface area contributed by atoms with Gasteiger partial charge in [-0.2, -0.15) is 0 Å². The number of carbonyl (C=O) groups excluding carboxylic acids is 1. The number of aromatic nitrogens is 5. The highest BCUT2D eigenvalue weighted by Gasteiger charge is 2.24. The highest BCUT2D eigenvalue weighted by atomic mass is 35.5. The largest absolute Gasteiger partial charge is 0.323 e. The van der Waals surface area contributed by atoms with Crippen molar-refractivity contribution in [3.63, 3.8) is 0 Å². The van der Waals surface area contributed by atoms with E-state index in [4.69, 9.17) is 11.6 Å². The lowest BCUT2D eigenvalue weighted by Crippen LogP contribution is -2.19. The summed E-state index contributed by atoms with van der Waals surface area (Å²) in [5.74, 6) is -0.136. The van der Waals surface area contributed by atoms with Gasteiger partial charge in [0.05, 0.1) is 34.0 Å². The van der Waals surface area contributed by atoms with Gasteiger partial charge in [0.15, 0.2) is 5.65 Å². The Morgan fingerprint density at radius 3 is 2.44 bits per heavy atom. The van der Waals surface area contributed by atoms with Crippen LogP contribution in [-0.2, 0) is 21.4 Å². The number of hydrogen-bond acceptors (Lipinski definition) is 8. The SMILES string of the molecule is C=CC(=O)Nc1ccc(Cn2cc(Nc3ncc(Cl)c(-c4cn(S(=O)(=O)c5ccccc5)c5ncccc45)n3)ccc2=O)cc1. The molecule has 0 spiro atoms. The molecule has 11 nitrogen and oxygen atoms in total. The average molecular weight is 638 g/mol. The van der Waals surface area contributed by atoms with Gasteiger partial charge in [0.2, 0.25) is 11.9 Å². The van der Waals surface area contributed by atoms with Gasteiger partial charge in [-0.1, -0.05) is 48.5 Å². The van der Waals surface area contributed by atoms with Crippen molar-refractivity contribution >= 4 is 55.9 Å². The molecule has 4 aromatic heterocycles. The quantitative estimate of drug-likeness (QED) is 0.199. The summed E-state index contributed by atoms with van der Waals surface area (Å²) in [6, 6.07) is 21.6. The first-order valence-corrected chi connectivity index (χ1v) is 15.3. The predicted molar refractivity (Wildman–Crippen MR) is 173 cm³/mol. The van der Waals surface area contributed by atoms with E-state index in [1.165, 1.54) is 47.4 Å². The van der Waals surface area contributed by atoms with Crippen molar-refractivity contribution < 1.29 is 13.2 Å². The smallest absolute Gasteiger partial charge is 0.269 e. The van der Waals surface area contributed by atoms with Gasteiger partial charge in [-0.25, -0.2) is 27.3 Å². The van der Waals surface area contributed by atoms with E-state index in [1.54, 1.807) is 54.7 Å². The van der Waals surface area contributed by atoms with Gasteiger partial charge in [-0.3, -0.25) is 9.59 Å². The molecule has 224 valence electrons. The summed E-state index contributed by atoms with van der Waals surface area (Å²) < 4.78 is 29.7. The Hall–Kier alpha value is -5.59. The second-order valence-corrected chi connectivity index (χ2v) is 12.0. The molecule has 2 aromatic carbocycles. The van der Waals surface area contributed by atoms with Crippen molar-refractivity contribution in [3.05, 3.63) is 137 Å². The number of pyridine rings is 2. The first-order chi connectivity index (χ1) is 21.7. The number of rotatable bonds is 9. The number of halogens is 1. The van der Waals surface area contributed by atoms with Crippen LogP contribution in [0, 0.1) is 0 Å². The topological polar surface area (TPSA) is 141 Å². The van der Waals surface area contributed by atoms with Gasteiger partial charge in [-0.15, -0.1) is 0 Å². The summed E-state index contributed by atoms with van der Waals surface area (Å²) in [7, 11) is -3.97. The highest BCUT2D eigenvalue weighted by molar-refractivity contribution is 7.90. The maximum Gasteiger partial charge on any atom is 0.269 e. The highest BCUT2D eigenvalue weighted by Crippen LogP contribution is 2.35. The van der Waals surface area contributed by atoms with E-state index in [2.05, 4.69) is 32.2 Å². The van der Waals surface area contributed by atoms with Crippen molar-refractivity contribution in [3.8, 4) is 11.3 Å². The Morgan fingerprint density at radius 2 is 1.69 bits per heavy atom. The van der Waals surface area contributed by atoms with Gasteiger partial charge in [-0.05, 0) is 54.1 Å². The van der Waals surface area contributed by atoms with Crippen LogP contribution in [0.1, 0.15) is 5.56 Å². The molecule has 1 amide bonds. The fourth-order valence-electron chi connectivity index (χ4n) is 4.67. The fourth-order valence-corrected chi connectivity index (χ4v) is 6.20. The normalized spacial score (nSPS) is 11.3. The minimum absolute atomic E-state index is 0.112. The van der Waals surface area contributed by atoms with E-state index in [9.17, 15) is 18.0 Å². The van der Waals surface area contributed by atoms with E-state index < -0.39 is 10.0 Å². The molecule has 0 saturated heterocycles. The summed E-state index contributed by atoms with van der Waals surface area (Å²) in [5.41, 5.74) is 2.74. The zero-order valence-corrected chi connectivity index (χ0v) is 25.0. The number of nitrogens with zero attached hydrogens (tertiary/aromatic N) is 5. The molecular formula is C32H24ClN7O4S. The van der Waals surface area contributed by atoms with Crippen molar-refractivity contribution in [1.29, 1.82) is 0 Å². The van der Waals surface area contributed by atoms with Gasteiger partial charge in [0.1, 0.15) is 0 Å². The maximum atomic E-state index is 13.5. The lowest BCUT2D eigenvalue weighted by molar-refractivity contribution is -0.111. The molecule has 0 fully saturated rings. The second kappa shape index (κ2) is 12.2. The Labute approximate surface area is 262 Å². The Kier molecular flexibility index (Phi) is 7.98. The van der Waals surface area contributed by atoms with Crippen LogP contribution < -0.4 is 16.2 Å². The van der Waals surface area contributed by atoms with E-state index in [0.29, 0.717) is 28.0 Å². The number of hydrogen-bond donors (Lipinski definition) is 2. The summed E-state index contributed by atoms with van der Waals surface area (Å²) in [6.07, 6.45) is 7.20. The fraction of sp³-hybridized carbons (Fsp3) is 0.0312. The minimum atomic E-state index is -3.97. The van der Waals surface area contributed by atoms with Crippen LogP contribution in [0.2, 0.25) is 5.02 Å². The molecule has 4 heterocycles. The third kappa shape index (κ3) is 6.09. The zero-order chi connectivity index (χ0) is 31.6. The summed E-state index contributed by atoms with van der Waals surface area (Å²) in [5, 5.41) is 6.53. The van der Waals surface area contributed by atoms with Gasteiger partial charge in [0.25, 0.3) is 15.6 Å². The molecule has 0 radical (unpaired) electrons. The molecule has 0 aliphatic rings. The summed E-state index contributed by atoms with van der Waals surface area (Å²) in [4.78, 5) is 37.5. The van der Waals surface area contributed by atoms with Crippen LogP contribution in [0.25, 0.3) is 22.3 Å². The van der Waals surface area contributed by atoms with Crippen LogP contribution >= 0.6 is 11.6 Å². The lowest BCUT2D eigenvalue weighted by Gasteiger charge is -2.11. The van der Waals surface area contributed by atoms with E-state index >= 15 is 0 Å². The second-order valence-electron chi connectivity index (χ2n) is 9.82. The molecule has 6 rings (SSSR count). The molecule has 0 aliphatic carbocycles. The Bertz CT molecular complexity index is 2230. The molecular weight excluding hydrogens is 614 g/mol. The monoisotopic (exact) mass is 637 g/mol. The zero-order valence-electron chi connectivity index (χ0n) is 23.5. The molecule has 0 saturated carbocycles. The predicted octanol–water partition coefficient (Wildman–Crippen LogP) is 5.46. The van der Waals surface area contributed by atoms with Crippen LogP contribution in [0.5, 0.6) is 0 Å². The number of anilines is 3. The number of benzene rings is 2. The summed E-state index contributed by atoms with van der Waals surface area (Å²) in [6.45, 7) is 3.71. The molecule has 2 N–H and O–H groups in total. The first-order valence-electron chi connectivity index (χ1n) is 13.5. The summed E-state index contributed by atoms with van der Waals surface area (Å²) >= 11 is 6.55. The number of amides is 1. The van der Waals surface area contributed by atoms with E-state index in [0.717, 1.165) is 9.54 Å². The third-order valence-electron chi connectivity index (χ3n) is 6.83. The van der Waals surface area contributed by atoms with Crippen LogP contribution in [0.15, 0.2) is 126 Å². The van der Waals surface area contributed by atoms with E-state index in [1.807, 2.05) is 12.1 Å². The third-order valence-corrected chi connectivity index (χ3v) is 8.77. The molecule has 0 atom stereocenters. The molecule has 0 unspecified atom stereocenters. The number of carbonyl (C=O) groups is 1. The Morgan fingerprint density at radius 1 is 0.933 bits per heavy atom. The Balaban J connectivity index is 1.31. The van der Waals surface area contributed by atoms with Crippen molar-refractivity contribution in [2.24, 2.45) is 0 Å². The van der Waals surface area contributed by atoms with Crippen LogP contribution in [-0.4, -0.2) is 37.8 Å². The average Bonchev–Trinajstić information content (AvgIpc) is 3.45. The van der Waals surface area contributed by atoms with Crippen molar-refractivity contribution in [2.45, 2.75) is 11.4 Å². The standard InChI is InChI=1S/C32H24ClN7O4S/c1-2-28(41)36-22-12-10-21(11-13-22)18-39-19-23(14-15-29(39)42)37-32-35-17-27(33)30(38-32)26-20-40(31-25(26)9-6-16-34-31)45(43,44)24-7-4-3-5-8-24/h2-17,19-20H,1,18H2,(H,36,41)(H,35,37,38). The van der Waals surface area contributed by atoms with Gasteiger partial charge >= 0.3 is 0 Å². The molecule has 0 aliphatic heterocycles. The van der Waals surface area contributed by atoms with Crippen molar-refractivity contribution in [2.75, 3.05) is 10.6 Å². The maximum absolute atomic E-state index is 13.5. The first kappa shape index (κ1) is 29.5. The van der Waals surface area contributed by atoms with Gasteiger partial charge < -0.3 is 15.2 Å². The van der Waals surface area contributed by atoms with Crippen LogP contribution in [0.4, 0.5) is 17.3 Å². The number of nitrogens with one attached hydrogen (secondary N) is 2. The van der Waals surface area contributed by atoms with Crippen LogP contribution in [0.3, 0.4) is 0 Å². The van der Waals surface area contributed by atoms with Gasteiger partial charge in [0, 0.05) is 41.3 Å². The van der Waals surface area contributed by atoms with E-state index in [-0.39, 0.29) is 39.5 Å². The van der Waals surface area contributed by atoms with Crippen molar-refractivity contribution in [1.82, 2.24) is 23.5 Å².